The average Bonchev–Trinajstić information content (AvgIpc) is 3.27. The molecule has 27 heavy (non-hydrogen) atoms. The van der Waals surface area contributed by atoms with E-state index in [2.05, 4.69) is 15.5 Å². The Balaban J connectivity index is 1.23. The van der Waals surface area contributed by atoms with Gasteiger partial charge in [-0.15, -0.1) is 0 Å². The molecule has 0 unspecified atom stereocenters. The van der Waals surface area contributed by atoms with Gasteiger partial charge in [-0.25, -0.2) is 0 Å². The zero-order valence-electron chi connectivity index (χ0n) is 15.9. The van der Waals surface area contributed by atoms with Crippen molar-refractivity contribution in [2.24, 2.45) is 17.8 Å². The fourth-order valence-corrected chi connectivity index (χ4v) is 6.58. The molecule has 2 heterocycles. The van der Waals surface area contributed by atoms with Gasteiger partial charge in [0.2, 0.25) is 23.4 Å². The molecule has 0 aromatic carbocycles. The van der Waals surface area contributed by atoms with Gasteiger partial charge in [0.25, 0.3) is 0 Å². The zero-order chi connectivity index (χ0) is 18.6. The molecular formula is C20H28N4O3. The van der Waals surface area contributed by atoms with Crippen LogP contribution in [0.3, 0.4) is 0 Å². The first-order valence-corrected chi connectivity index (χ1v) is 10.4. The normalized spacial score (nSPS) is 37.1. The molecule has 5 aliphatic rings. The van der Waals surface area contributed by atoms with Gasteiger partial charge in [-0.05, 0) is 69.1 Å². The van der Waals surface area contributed by atoms with Crippen LogP contribution >= 0.6 is 0 Å². The summed E-state index contributed by atoms with van der Waals surface area (Å²) in [5.74, 6) is 2.84. The van der Waals surface area contributed by atoms with Crippen LogP contribution in [0.5, 0.6) is 0 Å². The standard InChI is InChI=1S/C20H28N4O3/c1-12-22-19(23-27-12)18(26)16-3-2-4-24(16)17(25)11-21-20-8-13-5-14(9-20)7-15(6-13)10-20/h13-16,21H,2-11H2,1H3/t13?,14?,15?,16-,20?/m0/s1. The Labute approximate surface area is 159 Å². The second-order valence-corrected chi connectivity index (χ2v) is 9.30. The number of rotatable bonds is 5. The van der Waals surface area contributed by atoms with E-state index in [1.54, 1.807) is 11.8 Å². The van der Waals surface area contributed by atoms with E-state index in [1.165, 1.54) is 38.5 Å². The first kappa shape index (κ1) is 17.3. The summed E-state index contributed by atoms with van der Waals surface area (Å²) in [5.41, 5.74) is 0.161. The summed E-state index contributed by atoms with van der Waals surface area (Å²) >= 11 is 0. The number of Topliss-reactive ketones (excluding diaryl/α,β-unsaturated/α-hetero) is 1. The van der Waals surface area contributed by atoms with Crippen LogP contribution in [0, 0.1) is 24.7 Å². The van der Waals surface area contributed by atoms with E-state index in [0.717, 1.165) is 24.2 Å². The van der Waals surface area contributed by atoms with Crippen LogP contribution in [0.4, 0.5) is 0 Å². The lowest BCUT2D eigenvalue weighted by molar-refractivity contribution is -0.131. The Morgan fingerprint density at radius 2 is 1.85 bits per heavy atom. The average molecular weight is 372 g/mol. The fraction of sp³-hybridized carbons (Fsp3) is 0.800. The highest BCUT2D eigenvalue weighted by atomic mass is 16.5. The topological polar surface area (TPSA) is 88.3 Å². The van der Waals surface area contributed by atoms with E-state index in [4.69, 9.17) is 4.52 Å². The molecule has 7 nitrogen and oxygen atoms in total. The first-order chi connectivity index (χ1) is 13.0. The minimum absolute atomic E-state index is 0.0295. The third-order valence-corrected chi connectivity index (χ3v) is 7.28. The third-order valence-electron chi connectivity index (χ3n) is 7.28. The van der Waals surface area contributed by atoms with Crippen LogP contribution in [0.15, 0.2) is 4.52 Å². The van der Waals surface area contributed by atoms with E-state index in [9.17, 15) is 9.59 Å². The number of nitrogens with zero attached hydrogens (tertiary/aromatic N) is 3. The summed E-state index contributed by atoms with van der Waals surface area (Å²) in [6.07, 6.45) is 9.35. The zero-order valence-corrected chi connectivity index (χ0v) is 15.9. The molecular weight excluding hydrogens is 344 g/mol. The number of amides is 1. The van der Waals surface area contributed by atoms with Crippen LogP contribution in [0.25, 0.3) is 0 Å². The maximum atomic E-state index is 12.9. The predicted molar refractivity (Wildman–Crippen MR) is 97.0 cm³/mol. The van der Waals surface area contributed by atoms with Gasteiger partial charge >= 0.3 is 0 Å². The van der Waals surface area contributed by atoms with E-state index < -0.39 is 6.04 Å². The Morgan fingerprint density at radius 1 is 1.19 bits per heavy atom. The molecule has 1 atom stereocenters. The summed E-state index contributed by atoms with van der Waals surface area (Å²) in [6, 6.07) is -0.451. The maximum absolute atomic E-state index is 12.9. The van der Waals surface area contributed by atoms with Crippen molar-refractivity contribution < 1.29 is 14.1 Å². The van der Waals surface area contributed by atoms with Crippen molar-refractivity contribution in [1.82, 2.24) is 20.4 Å². The molecule has 1 N–H and O–H groups in total. The van der Waals surface area contributed by atoms with E-state index in [0.29, 0.717) is 25.4 Å². The Kier molecular flexibility index (Phi) is 4.11. The summed E-state index contributed by atoms with van der Waals surface area (Å²) in [4.78, 5) is 31.4. The Bertz CT molecular complexity index is 723. The largest absolute Gasteiger partial charge is 0.339 e. The highest BCUT2D eigenvalue weighted by molar-refractivity contribution is 5.99. The third kappa shape index (κ3) is 3.10. The number of carbonyl (C=O) groups is 2. The molecule has 1 saturated heterocycles. The molecule has 0 spiro atoms. The molecule has 4 aliphatic carbocycles. The van der Waals surface area contributed by atoms with Crippen molar-refractivity contribution >= 4 is 11.7 Å². The van der Waals surface area contributed by atoms with Crippen molar-refractivity contribution in [3.05, 3.63) is 11.7 Å². The number of hydrogen-bond acceptors (Lipinski definition) is 6. The smallest absolute Gasteiger partial charge is 0.240 e. The molecule has 1 aromatic rings. The lowest BCUT2D eigenvalue weighted by atomic mass is 9.53. The molecule has 1 aromatic heterocycles. The second kappa shape index (κ2) is 6.40. The van der Waals surface area contributed by atoms with Gasteiger partial charge < -0.3 is 14.7 Å². The van der Waals surface area contributed by atoms with Crippen molar-refractivity contribution in [2.75, 3.05) is 13.1 Å². The lowest BCUT2D eigenvalue weighted by Crippen LogP contribution is -2.60. The number of aryl methyl sites for hydroxylation is 1. The molecule has 1 aliphatic heterocycles. The maximum Gasteiger partial charge on any atom is 0.240 e. The Morgan fingerprint density at radius 3 is 2.44 bits per heavy atom. The van der Waals surface area contributed by atoms with Crippen LogP contribution in [0.1, 0.15) is 67.9 Å². The van der Waals surface area contributed by atoms with Crippen molar-refractivity contribution in [3.8, 4) is 0 Å². The number of nitrogens with one attached hydrogen (secondary N) is 1. The quantitative estimate of drug-likeness (QED) is 0.797. The van der Waals surface area contributed by atoms with Crippen molar-refractivity contribution in [2.45, 2.75) is 69.9 Å². The van der Waals surface area contributed by atoms with Crippen molar-refractivity contribution in [1.29, 1.82) is 0 Å². The summed E-state index contributed by atoms with van der Waals surface area (Å²) < 4.78 is 4.93. The SMILES string of the molecule is Cc1nc(C(=O)[C@@H]2CCCN2C(=O)CNC23CC4CC(CC(C4)C2)C3)no1. The molecule has 146 valence electrons. The van der Waals surface area contributed by atoms with Gasteiger partial charge in [0.05, 0.1) is 12.6 Å². The van der Waals surface area contributed by atoms with Crippen LogP contribution in [-0.4, -0.2) is 51.4 Å². The molecule has 7 heteroatoms. The number of ketones is 1. The van der Waals surface area contributed by atoms with Gasteiger partial charge in [0.1, 0.15) is 0 Å². The summed E-state index contributed by atoms with van der Waals surface area (Å²) in [6.45, 7) is 2.63. The predicted octanol–water partition coefficient (Wildman–Crippen LogP) is 2.11. The number of aromatic nitrogens is 2. The van der Waals surface area contributed by atoms with E-state index in [-0.39, 0.29) is 23.1 Å². The van der Waals surface area contributed by atoms with Crippen LogP contribution in [-0.2, 0) is 4.79 Å². The van der Waals surface area contributed by atoms with Crippen LogP contribution in [0.2, 0.25) is 0 Å². The van der Waals surface area contributed by atoms with Crippen LogP contribution < -0.4 is 5.32 Å². The molecule has 5 fully saturated rings. The monoisotopic (exact) mass is 372 g/mol. The van der Waals surface area contributed by atoms with Gasteiger partial charge in [-0.3, -0.25) is 9.59 Å². The Hall–Kier alpha value is -1.76. The number of likely N-dealkylation sites (tertiary alicyclic amines) is 1. The minimum Gasteiger partial charge on any atom is -0.339 e. The first-order valence-electron chi connectivity index (χ1n) is 10.4. The van der Waals surface area contributed by atoms with Gasteiger partial charge in [-0.2, -0.15) is 4.98 Å². The van der Waals surface area contributed by atoms with Gasteiger partial charge in [-0.1, -0.05) is 5.16 Å². The minimum atomic E-state index is -0.451. The summed E-state index contributed by atoms with van der Waals surface area (Å²) in [5, 5.41) is 7.39. The number of carbonyl (C=O) groups excluding carboxylic acids is 2. The fourth-order valence-electron chi connectivity index (χ4n) is 6.58. The van der Waals surface area contributed by atoms with E-state index >= 15 is 0 Å². The number of hydrogen-bond donors (Lipinski definition) is 1. The molecule has 4 bridgehead atoms. The van der Waals surface area contributed by atoms with Crippen molar-refractivity contribution in [3.63, 3.8) is 0 Å². The van der Waals surface area contributed by atoms with Gasteiger partial charge in [0.15, 0.2) is 0 Å². The second-order valence-electron chi connectivity index (χ2n) is 9.30. The lowest BCUT2D eigenvalue weighted by Gasteiger charge is -2.57. The summed E-state index contributed by atoms with van der Waals surface area (Å²) in [7, 11) is 0. The highest BCUT2D eigenvalue weighted by Gasteiger charge is 2.51. The molecule has 0 radical (unpaired) electrons. The molecule has 4 saturated carbocycles. The highest BCUT2D eigenvalue weighted by Crippen LogP contribution is 2.55. The van der Waals surface area contributed by atoms with E-state index in [1.807, 2.05) is 0 Å². The van der Waals surface area contributed by atoms with Gasteiger partial charge in [0, 0.05) is 19.0 Å². The molecule has 6 rings (SSSR count). The molecule has 1 amide bonds.